The molecule has 3 aromatic carbocycles. The van der Waals surface area contributed by atoms with Gasteiger partial charge >= 0.3 is 12.0 Å². The van der Waals surface area contributed by atoms with Gasteiger partial charge in [0, 0.05) is 11.1 Å². The van der Waals surface area contributed by atoms with Crippen LogP contribution in [0.2, 0.25) is 0 Å². The molecule has 0 radical (unpaired) electrons. The lowest BCUT2D eigenvalue weighted by molar-refractivity contribution is 0.0526. The van der Waals surface area contributed by atoms with Crippen molar-refractivity contribution in [3.8, 4) is 5.75 Å². The Kier molecular flexibility index (Phi) is 5.21. The molecule has 0 saturated heterocycles. The fourth-order valence-corrected chi connectivity index (χ4v) is 2.65. The first-order chi connectivity index (χ1) is 13.0. The number of halogens is 1. The van der Waals surface area contributed by atoms with E-state index in [0.717, 1.165) is 0 Å². The minimum Gasteiger partial charge on any atom is -0.505 e. The normalized spacial score (nSPS) is 10.4. The molecule has 0 fully saturated rings. The van der Waals surface area contributed by atoms with Gasteiger partial charge in [0.2, 0.25) is 0 Å². The van der Waals surface area contributed by atoms with Crippen molar-refractivity contribution in [2.45, 2.75) is 6.92 Å². The molecule has 0 unspecified atom stereocenters. The average Bonchev–Trinajstić information content (AvgIpc) is 2.65. The van der Waals surface area contributed by atoms with E-state index in [1.54, 1.807) is 43.3 Å². The predicted octanol–water partition coefficient (Wildman–Crippen LogP) is 4.51. The van der Waals surface area contributed by atoms with Gasteiger partial charge in [-0.05, 0) is 42.6 Å². The molecule has 27 heavy (non-hydrogen) atoms. The Morgan fingerprint density at radius 3 is 2.63 bits per heavy atom. The number of hydrogen-bond acceptors (Lipinski definition) is 4. The summed E-state index contributed by atoms with van der Waals surface area (Å²) in [6.45, 7) is 1.95. The SMILES string of the molecule is CCOC(=O)c1cccc(NC(=O)Nc2cccc3ccc(O)c(F)c23)c1. The van der Waals surface area contributed by atoms with Crippen molar-refractivity contribution in [3.05, 3.63) is 66.0 Å². The van der Waals surface area contributed by atoms with Crippen molar-refractivity contribution in [3.63, 3.8) is 0 Å². The van der Waals surface area contributed by atoms with Gasteiger partial charge in [0.25, 0.3) is 0 Å². The van der Waals surface area contributed by atoms with Gasteiger partial charge in [-0.15, -0.1) is 0 Å². The molecule has 3 aromatic rings. The molecule has 7 heteroatoms. The second kappa shape index (κ2) is 7.74. The third-order valence-electron chi connectivity index (χ3n) is 3.84. The Morgan fingerprint density at radius 2 is 1.85 bits per heavy atom. The van der Waals surface area contributed by atoms with Gasteiger partial charge in [0.15, 0.2) is 11.6 Å². The molecular weight excluding hydrogens is 351 g/mol. The van der Waals surface area contributed by atoms with Crippen molar-refractivity contribution >= 4 is 34.1 Å². The first kappa shape index (κ1) is 18.2. The second-order valence-corrected chi connectivity index (χ2v) is 5.68. The van der Waals surface area contributed by atoms with Gasteiger partial charge in [0.1, 0.15) is 0 Å². The lowest BCUT2D eigenvalue weighted by Gasteiger charge is -2.12. The number of aromatic hydroxyl groups is 1. The van der Waals surface area contributed by atoms with E-state index in [4.69, 9.17) is 4.74 Å². The molecule has 0 aliphatic heterocycles. The van der Waals surface area contributed by atoms with Crippen molar-refractivity contribution in [2.75, 3.05) is 17.2 Å². The molecule has 0 aliphatic carbocycles. The summed E-state index contributed by atoms with van der Waals surface area (Å²) < 4.78 is 19.2. The smallest absolute Gasteiger partial charge is 0.338 e. The maximum absolute atomic E-state index is 14.3. The van der Waals surface area contributed by atoms with Crippen LogP contribution in [-0.4, -0.2) is 23.7 Å². The van der Waals surface area contributed by atoms with Crippen LogP contribution in [0.15, 0.2) is 54.6 Å². The number of rotatable bonds is 4. The summed E-state index contributed by atoms with van der Waals surface area (Å²) in [7, 11) is 0. The first-order valence-corrected chi connectivity index (χ1v) is 8.25. The molecule has 0 aromatic heterocycles. The molecule has 0 spiro atoms. The molecule has 0 heterocycles. The molecular formula is C20H17FN2O4. The zero-order chi connectivity index (χ0) is 19.4. The van der Waals surface area contributed by atoms with E-state index in [9.17, 15) is 19.1 Å². The van der Waals surface area contributed by atoms with Crippen LogP contribution in [-0.2, 0) is 4.74 Å². The number of fused-ring (bicyclic) bond motifs is 1. The monoisotopic (exact) mass is 368 g/mol. The fourth-order valence-electron chi connectivity index (χ4n) is 2.65. The van der Waals surface area contributed by atoms with Gasteiger partial charge in [0.05, 0.1) is 17.9 Å². The number of nitrogens with one attached hydrogen (secondary N) is 2. The zero-order valence-corrected chi connectivity index (χ0v) is 14.5. The second-order valence-electron chi connectivity index (χ2n) is 5.68. The number of urea groups is 1. The molecule has 3 N–H and O–H groups in total. The Morgan fingerprint density at radius 1 is 1.07 bits per heavy atom. The standard InChI is InChI=1S/C20H17FN2O4/c1-2-27-19(25)13-6-3-7-14(11-13)22-20(26)23-15-8-4-5-12-9-10-16(24)18(21)17(12)15/h3-11,24H,2H2,1H3,(H2,22,23,26). The van der Waals surface area contributed by atoms with Crippen molar-refractivity contribution in [1.29, 1.82) is 0 Å². The quantitative estimate of drug-likeness (QED) is 0.592. The third kappa shape index (κ3) is 3.98. The van der Waals surface area contributed by atoms with Crippen LogP contribution in [0, 0.1) is 5.82 Å². The van der Waals surface area contributed by atoms with Crippen LogP contribution in [0.5, 0.6) is 5.75 Å². The van der Waals surface area contributed by atoms with E-state index < -0.39 is 23.6 Å². The highest BCUT2D eigenvalue weighted by atomic mass is 19.1. The Balaban J connectivity index is 1.81. The molecule has 6 nitrogen and oxygen atoms in total. The van der Waals surface area contributed by atoms with E-state index in [1.807, 2.05) is 0 Å². The molecule has 138 valence electrons. The van der Waals surface area contributed by atoms with Crippen LogP contribution in [0.1, 0.15) is 17.3 Å². The zero-order valence-electron chi connectivity index (χ0n) is 14.5. The Bertz CT molecular complexity index is 1020. The van der Waals surface area contributed by atoms with Gasteiger partial charge in [-0.25, -0.2) is 14.0 Å². The van der Waals surface area contributed by atoms with E-state index in [0.29, 0.717) is 16.6 Å². The van der Waals surface area contributed by atoms with Crippen LogP contribution in [0.3, 0.4) is 0 Å². The largest absolute Gasteiger partial charge is 0.505 e. The maximum atomic E-state index is 14.3. The summed E-state index contributed by atoms with van der Waals surface area (Å²) in [5.74, 6) is -1.81. The van der Waals surface area contributed by atoms with Crippen LogP contribution in [0.4, 0.5) is 20.6 Å². The highest BCUT2D eigenvalue weighted by Gasteiger charge is 2.13. The number of carbonyl (C=O) groups is 2. The number of phenols is 1. The molecule has 0 atom stereocenters. The maximum Gasteiger partial charge on any atom is 0.338 e. The summed E-state index contributed by atoms with van der Waals surface area (Å²) in [4.78, 5) is 24.1. The predicted molar refractivity (Wildman–Crippen MR) is 101 cm³/mol. The number of amides is 2. The summed E-state index contributed by atoms with van der Waals surface area (Å²) >= 11 is 0. The molecule has 3 rings (SSSR count). The van der Waals surface area contributed by atoms with Crippen LogP contribution < -0.4 is 10.6 Å². The summed E-state index contributed by atoms with van der Waals surface area (Å²) in [6, 6.07) is 13.3. The molecule has 2 amide bonds. The number of benzene rings is 3. The topological polar surface area (TPSA) is 87.7 Å². The van der Waals surface area contributed by atoms with Crippen molar-refractivity contribution < 1.29 is 23.8 Å². The van der Waals surface area contributed by atoms with Gasteiger partial charge in [-0.3, -0.25) is 0 Å². The Hall–Kier alpha value is -3.61. The van der Waals surface area contributed by atoms with Crippen molar-refractivity contribution in [1.82, 2.24) is 0 Å². The minimum atomic E-state index is -0.812. The van der Waals surface area contributed by atoms with Gasteiger partial charge < -0.3 is 20.5 Å². The van der Waals surface area contributed by atoms with Crippen LogP contribution in [0.25, 0.3) is 10.8 Å². The molecule has 0 bridgehead atoms. The lowest BCUT2D eigenvalue weighted by atomic mass is 10.1. The fraction of sp³-hybridized carbons (Fsp3) is 0.100. The number of phenolic OH excluding ortho intramolecular Hbond substituents is 1. The van der Waals surface area contributed by atoms with Crippen LogP contribution >= 0.6 is 0 Å². The van der Waals surface area contributed by atoms with Gasteiger partial charge in [-0.2, -0.15) is 0 Å². The summed E-state index contributed by atoms with van der Waals surface area (Å²) in [5.41, 5.74) is 0.886. The van der Waals surface area contributed by atoms with Gasteiger partial charge in [-0.1, -0.05) is 24.3 Å². The van der Waals surface area contributed by atoms with E-state index in [-0.39, 0.29) is 17.7 Å². The van der Waals surface area contributed by atoms with Crippen molar-refractivity contribution in [2.24, 2.45) is 0 Å². The number of carbonyl (C=O) groups excluding carboxylic acids is 2. The number of ether oxygens (including phenoxy) is 1. The number of esters is 1. The highest BCUT2D eigenvalue weighted by Crippen LogP contribution is 2.31. The number of anilines is 2. The van der Waals surface area contributed by atoms with E-state index in [1.165, 1.54) is 18.2 Å². The van der Waals surface area contributed by atoms with E-state index in [2.05, 4.69) is 10.6 Å². The average molecular weight is 368 g/mol. The Labute approximate surface area is 154 Å². The third-order valence-corrected chi connectivity index (χ3v) is 3.84. The van der Waals surface area contributed by atoms with E-state index >= 15 is 0 Å². The highest BCUT2D eigenvalue weighted by molar-refractivity contribution is 6.07. The summed E-state index contributed by atoms with van der Waals surface area (Å²) in [6.07, 6.45) is 0. The minimum absolute atomic E-state index is 0.105. The molecule has 0 aliphatic rings. The molecule has 0 saturated carbocycles. The summed E-state index contributed by atoms with van der Waals surface area (Å²) in [5, 5.41) is 15.4. The number of hydrogen-bond donors (Lipinski definition) is 3. The first-order valence-electron chi connectivity index (χ1n) is 8.25. The lowest BCUT2D eigenvalue weighted by Crippen LogP contribution is -2.20.